The summed E-state index contributed by atoms with van der Waals surface area (Å²) >= 11 is 0. The molecular weight excluding hydrogens is 369 g/mol. The van der Waals surface area contributed by atoms with E-state index in [0.29, 0.717) is 12.1 Å². The van der Waals surface area contributed by atoms with E-state index in [2.05, 4.69) is 0 Å². The highest BCUT2D eigenvalue weighted by Crippen LogP contribution is 2.38. The molecule has 0 bridgehead atoms. The Hall–Kier alpha value is -2.11. The van der Waals surface area contributed by atoms with Gasteiger partial charge in [0.05, 0.1) is 15.4 Å². The highest BCUT2D eigenvalue weighted by Gasteiger charge is 2.39. The van der Waals surface area contributed by atoms with Crippen molar-refractivity contribution in [3.63, 3.8) is 0 Å². The molecule has 0 saturated heterocycles. The van der Waals surface area contributed by atoms with Gasteiger partial charge in [-0.3, -0.25) is 0 Å². The fraction of sp³-hybridized carbons (Fsp3) is 0.0769. The lowest BCUT2D eigenvalue weighted by molar-refractivity contribution is -0.139. The Labute approximate surface area is 135 Å². The first-order chi connectivity index (χ1) is 10.8. The maximum absolute atomic E-state index is 13.1. The van der Waals surface area contributed by atoms with Gasteiger partial charge in [0.25, 0.3) is 0 Å². The third-order valence-electron chi connectivity index (χ3n) is 3.04. The molecule has 4 N–H and O–H groups in total. The summed E-state index contributed by atoms with van der Waals surface area (Å²) < 4.78 is 87.8. The van der Waals surface area contributed by atoms with Crippen molar-refractivity contribution in [1.82, 2.24) is 0 Å². The Morgan fingerprint density at radius 1 is 0.833 bits per heavy atom. The lowest BCUT2D eigenvalue weighted by atomic mass is 10.2. The second-order valence-corrected chi connectivity index (χ2v) is 8.16. The summed E-state index contributed by atoms with van der Waals surface area (Å²) in [6, 6.07) is 6.25. The van der Waals surface area contributed by atoms with Crippen LogP contribution < -0.4 is 10.9 Å². The van der Waals surface area contributed by atoms with Crippen molar-refractivity contribution in [3.05, 3.63) is 48.0 Å². The second-order valence-electron chi connectivity index (χ2n) is 4.75. The van der Waals surface area contributed by atoms with E-state index in [0.717, 1.165) is 18.2 Å². The van der Waals surface area contributed by atoms with Gasteiger partial charge in [-0.2, -0.15) is 13.2 Å². The lowest BCUT2D eigenvalue weighted by Gasteiger charge is -2.15. The molecular formula is C13H11F3N2O4S2. The van der Waals surface area contributed by atoms with Crippen LogP contribution in [0.5, 0.6) is 0 Å². The maximum atomic E-state index is 13.1. The number of halogens is 3. The van der Waals surface area contributed by atoms with E-state index in [1.807, 2.05) is 0 Å². The number of alkyl halides is 3. The average Bonchev–Trinajstić information content (AvgIpc) is 2.45. The van der Waals surface area contributed by atoms with Crippen LogP contribution in [-0.2, 0) is 26.0 Å². The molecule has 0 saturated carbocycles. The van der Waals surface area contributed by atoms with Crippen molar-refractivity contribution in [1.29, 1.82) is 0 Å². The molecule has 2 aromatic rings. The zero-order valence-corrected chi connectivity index (χ0v) is 13.4. The van der Waals surface area contributed by atoms with E-state index in [4.69, 9.17) is 10.9 Å². The van der Waals surface area contributed by atoms with Crippen LogP contribution in [0.2, 0.25) is 0 Å². The zero-order chi connectivity index (χ0) is 18.3. The molecule has 0 spiro atoms. The van der Waals surface area contributed by atoms with Gasteiger partial charge in [-0.25, -0.2) is 22.0 Å². The summed E-state index contributed by atoms with van der Waals surface area (Å²) in [4.78, 5) is -2.75. The largest absolute Gasteiger partial charge is 0.417 e. The molecule has 11 heteroatoms. The number of rotatable bonds is 3. The number of nitrogen functional groups attached to an aromatic ring is 1. The maximum Gasteiger partial charge on any atom is 0.417 e. The van der Waals surface area contributed by atoms with Gasteiger partial charge < -0.3 is 5.73 Å². The number of primary sulfonamides is 1. The molecule has 6 nitrogen and oxygen atoms in total. The van der Waals surface area contributed by atoms with Crippen LogP contribution in [0.1, 0.15) is 5.56 Å². The van der Waals surface area contributed by atoms with Crippen molar-refractivity contribution in [3.8, 4) is 0 Å². The number of hydrogen-bond acceptors (Lipinski definition) is 5. The Morgan fingerprint density at radius 2 is 1.38 bits per heavy atom. The summed E-state index contributed by atoms with van der Waals surface area (Å²) in [5.74, 6) is 0. The number of benzene rings is 2. The quantitative estimate of drug-likeness (QED) is 0.786. The van der Waals surface area contributed by atoms with Gasteiger partial charge in [-0.05, 0) is 30.3 Å². The minimum atomic E-state index is -5.01. The molecule has 0 atom stereocenters. The number of sulfonamides is 1. The predicted molar refractivity (Wildman–Crippen MR) is 79.1 cm³/mol. The molecule has 0 aliphatic rings. The highest BCUT2D eigenvalue weighted by molar-refractivity contribution is 7.93. The fourth-order valence-corrected chi connectivity index (χ4v) is 4.86. The van der Waals surface area contributed by atoms with E-state index in [1.54, 1.807) is 0 Å². The van der Waals surface area contributed by atoms with E-state index in [9.17, 15) is 30.0 Å². The van der Waals surface area contributed by atoms with Gasteiger partial charge in [-0.15, -0.1) is 0 Å². The number of sulfone groups is 1. The Balaban J connectivity index is 2.85. The van der Waals surface area contributed by atoms with Crippen LogP contribution in [0.3, 0.4) is 0 Å². The molecule has 130 valence electrons. The second kappa shape index (κ2) is 5.76. The monoisotopic (exact) mass is 380 g/mol. The summed E-state index contributed by atoms with van der Waals surface area (Å²) in [7, 11) is -9.28. The zero-order valence-electron chi connectivity index (χ0n) is 11.8. The molecule has 0 unspecified atom stereocenters. The van der Waals surface area contributed by atoms with Crippen LogP contribution in [-0.4, -0.2) is 16.8 Å². The first-order valence-corrected chi connectivity index (χ1v) is 9.22. The molecule has 2 rings (SSSR count). The normalized spacial score (nSPS) is 13.0. The van der Waals surface area contributed by atoms with Crippen molar-refractivity contribution in [2.75, 3.05) is 5.73 Å². The average molecular weight is 380 g/mol. The predicted octanol–water partition coefficient (Wildman–Crippen LogP) is 1.77. The van der Waals surface area contributed by atoms with Crippen molar-refractivity contribution in [2.45, 2.75) is 20.9 Å². The van der Waals surface area contributed by atoms with Gasteiger partial charge in [0, 0.05) is 5.69 Å². The SMILES string of the molecule is Nc1ccc(S(=O)(=O)c2ccccc2S(N)(=O)=O)c(C(F)(F)F)c1. The van der Waals surface area contributed by atoms with Crippen molar-refractivity contribution in [2.24, 2.45) is 5.14 Å². The van der Waals surface area contributed by atoms with Crippen LogP contribution in [0.4, 0.5) is 18.9 Å². The summed E-state index contributed by atoms with van der Waals surface area (Å²) in [6.45, 7) is 0. The van der Waals surface area contributed by atoms with Crippen LogP contribution in [0, 0.1) is 0 Å². The standard InChI is InChI=1S/C13H11F3N2O4S2/c14-13(15,16)9-7-8(17)5-6-10(9)23(19,20)11-3-1-2-4-12(11)24(18,21)22/h1-7H,17H2,(H2,18,21,22). The lowest BCUT2D eigenvalue weighted by Crippen LogP contribution is -2.19. The van der Waals surface area contributed by atoms with E-state index >= 15 is 0 Å². The Kier molecular flexibility index (Phi) is 4.37. The number of anilines is 1. The van der Waals surface area contributed by atoms with Crippen LogP contribution in [0.25, 0.3) is 0 Å². The third kappa shape index (κ3) is 3.37. The summed E-state index contributed by atoms with van der Waals surface area (Å²) in [5, 5.41) is 4.95. The molecule has 2 aromatic carbocycles. The summed E-state index contributed by atoms with van der Waals surface area (Å²) in [5.41, 5.74) is 3.51. The highest BCUT2D eigenvalue weighted by atomic mass is 32.2. The topological polar surface area (TPSA) is 120 Å². The van der Waals surface area contributed by atoms with Gasteiger partial charge in [0.2, 0.25) is 19.9 Å². The Bertz CT molecular complexity index is 1000. The fourth-order valence-electron chi connectivity index (χ4n) is 2.03. The van der Waals surface area contributed by atoms with E-state index in [-0.39, 0.29) is 5.69 Å². The minimum Gasteiger partial charge on any atom is -0.399 e. The van der Waals surface area contributed by atoms with Crippen LogP contribution >= 0.6 is 0 Å². The molecule has 0 aliphatic heterocycles. The first-order valence-electron chi connectivity index (χ1n) is 6.19. The van der Waals surface area contributed by atoms with Gasteiger partial charge in [0.15, 0.2) is 0 Å². The first kappa shape index (κ1) is 18.2. The molecule has 24 heavy (non-hydrogen) atoms. The minimum absolute atomic E-state index is 0.291. The van der Waals surface area contributed by atoms with E-state index in [1.165, 1.54) is 12.1 Å². The molecule has 0 radical (unpaired) electrons. The van der Waals surface area contributed by atoms with E-state index < -0.39 is 46.3 Å². The van der Waals surface area contributed by atoms with Crippen LogP contribution in [0.15, 0.2) is 57.2 Å². The molecule has 0 amide bonds. The van der Waals surface area contributed by atoms with Gasteiger partial charge >= 0.3 is 6.18 Å². The molecule has 0 aromatic heterocycles. The molecule has 0 aliphatic carbocycles. The van der Waals surface area contributed by atoms with Crippen molar-refractivity contribution >= 4 is 25.5 Å². The number of nitrogens with two attached hydrogens (primary N) is 2. The third-order valence-corrected chi connectivity index (χ3v) is 6.01. The number of hydrogen-bond donors (Lipinski definition) is 2. The van der Waals surface area contributed by atoms with Crippen molar-refractivity contribution < 1.29 is 30.0 Å². The van der Waals surface area contributed by atoms with Gasteiger partial charge in [0.1, 0.15) is 4.90 Å². The Morgan fingerprint density at radius 3 is 1.88 bits per heavy atom. The molecule has 0 fully saturated rings. The molecule has 0 heterocycles. The van der Waals surface area contributed by atoms with Gasteiger partial charge in [-0.1, -0.05) is 12.1 Å². The smallest absolute Gasteiger partial charge is 0.399 e. The summed E-state index contributed by atoms with van der Waals surface area (Å²) in [6.07, 6.45) is -5.01.